The van der Waals surface area contributed by atoms with Crippen LogP contribution in [0.15, 0.2) is 54.7 Å². The van der Waals surface area contributed by atoms with E-state index in [4.69, 9.17) is 12.2 Å². The minimum atomic E-state index is -0.237. The Bertz CT molecular complexity index is 1030. The van der Waals surface area contributed by atoms with Crippen LogP contribution in [0, 0.1) is 19.7 Å². The Morgan fingerprint density at radius 3 is 2.66 bits per heavy atom. The molecule has 1 N–H and O–H groups in total. The van der Waals surface area contributed by atoms with Gasteiger partial charge in [-0.05, 0) is 74.4 Å². The first-order valence-electron chi connectivity index (χ1n) is 9.94. The summed E-state index contributed by atoms with van der Waals surface area (Å²) in [7, 11) is 0. The lowest BCUT2D eigenvalue weighted by Crippen LogP contribution is -2.30. The molecule has 0 saturated carbocycles. The first-order chi connectivity index (χ1) is 14.0. The topological polar surface area (TPSA) is 33.1 Å². The third-order valence-electron chi connectivity index (χ3n) is 5.52. The molecule has 0 spiro atoms. The standard InChI is InChI=1S/C23H25FN4S/c1-4-12-27-22(21(26-23(27)29)20-10-5-6-11-25-20)19-13-15(2)28(16(19)3)18-9-7-8-17(24)14-18/h5-11,13-14,21-22H,4,12H2,1-3H3,(H,26,29)/t21-,22+/m0/s1. The van der Waals surface area contributed by atoms with Crippen LogP contribution in [0.5, 0.6) is 0 Å². The van der Waals surface area contributed by atoms with Gasteiger partial charge in [-0.15, -0.1) is 0 Å². The van der Waals surface area contributed by atoms with E-state index in [1.54, 1.807) is 12.1 Å². The molecule has 0 unspecified atom stereocenters. The number of benzene rings is 1. The predicted octanol–water partition coefficient (Wildman–Crippen LogP) is 5.01. The molecule has 0 amide bonds. The molecule has 0 radical (unpaired) electrons. The van der Waals surface area contributed by atoms with Crippen molar-refractivity contribution >= 4 is 17.3 Å². The summed E-state index contributed by atoms with van der Waals surface area (Å²) in [6.07, 6.45) is 2.81. The fourth-order valence-electron chi connectivity index (χ4n) is 4.33. The van der Waals surface area contributed by atoms with Crippen molar-refractivity contribution in [2.24, 2.45) is 0 Å². The van der Waals surface area contributed by atoms with E-state index < -0.39 is 0 Å². The summed E-state index contributed by atoms with van der Waals surface area (Å²) < 4.78 is 16.0. The third-order valence-corrected chi connectivity index (χ3v) is 5.87. The monoisotopic (exact) mass is 408 g/mol. The van der Waals surface area contributed by atoms with Gasteiger partial charge in [-0.2, -0.15) is 0 Å². The zero-order valence-corrected chi connectivity index (χ0v) is 17.7. The van der Waals surface area contributed by atoms with Crippen molar-refractivity contribution in [1.82, 2.24) is 19.8 Å². The average Bonchev–Trinajstić information content (AvgIpc) is 3.18. The molecule has 3 heterocycles. The molecule has 4 nitrogen and oxygen atoms in total. The van der Waals surface area contributed by atoms with Crippen LogP contribution in [0.3, 0.4) is 0 Å². The molecule has 2 aromatic heterocycles. The van der Waals surface area contributed by atoms with E-state index in [0.717, 1.165) is 40.8 Å². The average molecular weight is 409 g/mol. The highest BCUT2D eigenvalue weighted by atomic mass is 32.1. The van der Waals surface area contributed by atoms with Crippen molar-refractivity contribution in [2.45, 2.75) is 39.3 Å². The van der Waals surface area contributed by atoms with Gasteiger partial charge in [-0.1, -0.05) is 19.1 Å². The lowest BCUT2D eigenvalue weighted by atomic mass is 9.96. The maximum Gasteiger partial charge on any atom is 0.170 e. The quantitative estimate of drug-likeness (QED) is 0.602. The summed E-state index contributed by atoms with van der Waals surface area (Å²) in [6.45, 7) is 7.17. The van der Waals surface area contributed by atoms with Gasteiger partial charge in [0.1, 0.15) is 5.82 Å². The van der Waals surface area contributed by atoms with E-state index in [2.05, 4.69) is 46.6 Å². The number of hydrogen-bond acceptors (Lipinski definition) is 2. The summed E-state index contributed by atoms with van der Waals surface area (Å²) in [5.74, 6) is -0.237. The van der Waals surface area contributed by atoms with E-state index in [1.165, 1.54) is 11.6 Å². The molecule has 6 heteroatoms. The molecular formula is C23H25FN4S. The van der Waals surface area contributed by atoms with Crippen molar-refractivity contribution in [3.8, 4) is 5.69 Å². The van der Waals surface area contributed by atoms with Gasteiger partial charge in [-0.25, -0.2) is 4.39 Å². The second kappa shape index (κ2) is 7.95. The second-order valence-corrected chi connectivity index (χ2v) is 7.85. The summed E-state index contributed by atoms with van der Waals surface area (Å²) in [5, 5.41) is 4.24. The van der Waals surface area contributed by atoms with E-state index in [1.807, 2.05) is 30.5 Å². The van der Waals surface area contributed by atoms with Gasteiger partial charge >= 0.3 is 0 Å². The van der Waals surface area contributed by atoms with Gasteiger partial charge in [-0.3, -0.25) is 4.98 Å². The van der Waals surface area contributed by atoms with Crippen molar-refractivity contribution in [3.05, 3.63) is 83.2 Å². The maximum absolute atomic E-state index is 13.9. The number of nitrogens with one attached hydrogen (secondary N) is 1. The SMILES string of the molecule is CCCN1C(=S)N[C@@H](c2ccccn2)[C@H]1c1cc(C)n(-c2cccc(F)c2)c1C. The molecule has 1 aromatic carbocycles. The molecule has 3 aromatic rings. The molecule has 4 rings (SSSR count). The number of aryl methyl sites for hydroxylation is 1. The number of halogens is 1. The highest BCUT2D eigenvalue weighted by molar-refractivity contribution is 7.80. The first-order valence-corrected chi connectivity index (χ1v) is 10.3. The van der Waals surface area contributed by atoms with Crippen molar-refractivity contribution in [2.75, 3.05) is 6.54 Å². The normalized spacial score (nSPS) is 18.9. The van der Waals surface area contributed by atoms with E-state index in [9.17, 15) is 4.39 Å². The Morgan fingerprint density at radius 2 is 1.97 bits per heavy atom. The largest absolute Gasteiger partial charge is 0.352 e. The van der Waals surface area contributed by atoms with Gasteiger partial charge in [0.05, 0.1) is 17.8 Å². The Morgan fingerprint density at radius 1 is 1.14 bits per heavy atom. The molecule has 1 aliphatic rings. The van der Waals surface area contributed by atoms with Crippen LogP contribution in [0.4, 0.5) is 4.39 Å². The summed E-state index contributed by atoms with van der Waals surface area (Å²) in [5.41, 5.74) is 5.14. The van der Waals surface area contributed by atoms with Gasteiger partial charge in [0.15, 0.2) is 5.11 Å². The number of nitrogens with zero attached hydrogens (tertiary/aromatic N) is 3. The summed E-state index contributed by atoms with van der Waals surface area (Å²) >= 11 is 5.68. The minimum Gasteiger partial charge on any atom is -0.352 e. The molecular weight excluding hydrogens is 383 g/mol. The molecule has 2 atom stereocenters. The van der Waals surface area contributed by atoms with Crippen molar-refractivity contribution in [1.29, 1.82) is 0 Å². The maximum atomic E-state index is 13.9. The van der Waals surface area contributed by atoms with Gasteiger partial charge in [0.25, 0.3) is 0 Å². The summed E-state index contributed by atoms with van der Waals surface area (Å²) in [4.78, 5) is 6.85. The molecule has 150 valence electrons. The molecule has 0 bridgehead atoms. The summed E-state index contributed by atoms with van der Waals surface area (Å²) in [6, 6.07) is 14.9. The molecule has 0 aliphatic carbocycles. The molecule has 1 saturated heterocycles. The van der Waals surface area contributed by atoms with Crippen molar-refractivity contribution < 1.29 is 4.39 Å². The van der Waals surface area contributed by atoms with E-state index in [-0.39, 0.29) is 17.9 Å². The van der Waals surface area contributed by atoms with Gasteiger partial charge in [0.2, 0.25) is 0 Å². The smallest absolute Gasteiger partial charge is 0.170 e. The zero-order chi connectivity index (χ0) is 20.5. The Kier molecular flexibility index (Phi) is 5.37. The molecule has 1 aliphatic heterocycles. The van der Waals surface area contributed by atoms with Crippen LogP contribution in [0.25, 0.3) is 5.69 Å². The molecule has 1 fully saturated rings. The first kappa shape index (κ1) is 19.6. The van der Waals surface area contributed by atoms with Gasteiger partial charge < -0.3 is 14.8 Å². The number of thiocarbonyl (C=S) groups is 1. The molecule has 29 heavy (non-hydrogen) atoms. The number of rotatable bonds is 5. The van der Waals surface area contributed by atoms with Crippen molar-refractivity contribution in [3.63, 3.8) is 0 Å². The lowest BCUT2D eigenvalue weighted by molar-refractivity contribution is 0.316. The number of hydrogen-bond donors (Lipinski definition) is 1. The number of aromatic nitrogens is 2. The minimum absolute atomic E-state index is 0.0308. The fourth-order valence-corrected chi connectivity index (χ4v) is 4.66. The van der Waals surface area contributed by atoms with Crippen LogP contribution in [-0.2, 0) is 0 Å². The fraction of sp³-hybridized carbons (Fsp3) is 0.304. The second-order valence-electron chi connectivity index (χ2n) is 7.46. The number of pyridine rings is 1. The van der Waals surface area contributed by atoms with Crippen LogP contribution in [0.1, 0.15) is 48.1 Å². The predicted molar refractivity (Wildman–Crippen MR) is 118 cm³/mol. The Hall–Kier alpha value is -2.73. The zero-order valence-electron chi connectivity index (χ0n) is 16.9. The lowest BCUT2D eigenvalue weighted by Gasteiger charge is -2.27. The third kappa shape index (κ3) is 3.53. The highest BCUT2D eigenvalue weighted by Crippen LogP contribution is 2.41. The van der Waals surface area contributed by atoms with Crippen LogP contribution in [-0.4, -0.2) is 26.1 Å². The Labute approximate surface area is 176 Å². The van der Waals surface area contributed by atoms with Crippen LogP contribution >= 0.6 is 12.2 Å². The van der Waals surface area contributed by atoms with Gasteiger partial charge in [0, 0.05) is 29.8 Å². The van der Waals surface area contributed by atoms with Crippen LogP contribution in [0.2, 0.25) is 0 Å². The van der Waals surface area contributed by atoms with Crippen LogP contribution < -0.4 is 5.32 Å². The van der Waals surface area contributed by atoms with E-state index in [0.29, 0.717) is 0 Å². The Balaban J connectivity index is 1.84. The highest BCUT2D eigenvalue weighted by Gasteiger charge is 2.40. The van der Waals surface area contributed by atoms with E-state index >= 15 is 0 Å².